The average Bonchev–Trinajstić information content (AvgIpc) is 2.75. The van der Waals surface area contributed by atoms with Crippen LogP contribution in [-0.4, -0.2) is 57.9 Å². The van der Waals surface area contributed by atoms with Gasteiger partial charge >= 0.3 is 0 Å². The van der Waals surface area contributed by atoms with Gasteiger partial charge in [0, 0.05) is 24.8 Å². The topological polar surface area (TPSA) is 81.3 Å². The highest BCUT2D eigenvalue weighted by molar-refractivity contribution is 14.0. The lowest BCUT2D eigenvalue weighted by atomic mass is 10.0. The second-order valence-electron chi connectivity index (χ2n) is 6.64. The fraction of sp³-hybridized carbons (Fsp3) is 0.381. The maximum Gasteiger partial charge on any atom is 0.193 e. The molecular weight excluding hydrogens is 502 g/mol. The molecule has 2 aromatic rings. The first kappa shape index (κ1) is 24.2. The van der Waals surface area contributed by atoms with Gasteiger partial charge in [-0.3, -0.25) is 9.89 Å². The molecule has 2 aromatic carbocycles. The van der Waals surface area contributed by atoms with Crippen LogP contribution < -0.4 is 20.5 Å². The molecule has 1 unspecified atom stereocenters. The number of anilines is 1. The van der Waals surface area contributed by atoms with E-state index < -0.39 is 0 Å². The molecule has 0 amide bonds. The number of hydrogen-bond acceptors (Lipinski definition) is 5. The van der Waals surface area contributed by atoms with E-state index in [1.165, 1.54) is 12.1 Å². The average molecular weight is 530 g/mol. The van der Waals surface area contributed by atoms with E-state index in [0.717, 1.165) is 24.3 Å². The molecule has 0 saturated carbocycles. The van der Waals surface area contributed by atoms with Crippen LogP contribution in [0.2, 0.25) is 0 Å². The number of rotatable bonds is 7. The van der Waals surface area contributed by atoms with E-state index in [1.54, 1.807) is 38.5 Å². The lowest BCUT2D eigenvalue weighted by Crippen LogP contribution is -2.40. The summed E-state index contributed by atoms with van der Waals surface area (Å²) < 4.78 is 29.4. The second-order valence-corrected chi connectivity index (χ2v) is 6.64. The highest BCUT2D eigenvalue weighted by atomic mass is 127. The summed E-state index contributed by atoms with van der Waals surface area (Å²) in [7, 11) is 3.16. The van der Waals surface area contributed by atoms with Gasteiger partial charge in [0.25, 0.3) is 0 Å². The Morgan fingerprint density at radius 2 is 1.80 bits per heavy atom. The Hall–Kier alpha value is -2.11. The summed E-state index contributed by atoms with van der Waals surface area (Å²) in [6.45, 7) is 3.36. The minimum Gasteiger partial charge on any atom is -0.493 e. The van der Waals surface area contributed by atoms with Crippen molar-refractivity contribution in [2.24, 2.45) is 10.7 Å². The van der Waals surface area contributed by atoms with Crippen molar-refractivity contribution in [3.8, 4) is 11.5 Å². The van der Waals surface area contributed by atoms with Gasteiger partial charge < -0.3 is 25.3 Å². The molecular formula is C21H28FIN4O3. The Morgan fingerprint density at radius 1 is 1.13 bits per heavy atom. The van der Waals surface area contributed by atoms with Gasteiger partial charge in [0.1, 0.15) is 5.82 Å². The number of methoxy groups -OCH3 is 2. The maximum absolute atomic E-state index is 13.4. The van der Waals surface area contributed by atoms with Crippen molar-refractivity contribution >= 4 is 35.6 Å². The molecule has 1 aliphatic heterocycles. The van der Waals surface area contributed by atoms with E-state index in [0.29, 0.717) is 31.3 Å². The number of ether oxygens (including phenoxy) is 3. The van der Waals surface area contributed by atoms with E-state index in [-0.39, 0.29) is 41.8 Å². The van der Waals surface area contributed by atoms with Gasteiger partial charge in [0.2, 0.25) is 0 Å². The third kappa shape index (κ3) is 6.44. The first-order valence-corrected chi connectivity index (χ1v) is 9.47. The largest absolute Gasteiger partial charge is 0.493 e. The Balaban J connectivity index is 0.00000320. The Bertz CT molecular complexity index is 830. The van der Waals surface area contributed by atoms with Gasteiger partial charge in [0.05, 0.1) is 40.0 Å². The Morgan fingerprint density at radius 3 is 2.43 bits per heavy atom. The molecule has 9 heteroatoms. The first-order chi connectivity index (χ1) is 14.1. The third-order valence-corrected chi connectivity index (χ3v) is 4.83. The molecule has 1 fully saturated rings. The van der Waals surface area contributed by atoms with Crippen LogP contribution in [0.5, 0.6) is 11.5 Å². The molecule has 164 valence electrons. The first-order valence-electron chi connectivity index (χ1n) is 9.47. The number of nitrogens with zero attached hydrogens (tertiary/aromatic N) is 2. The lowest BCUT2D eigenvalue weighted by molar-refractivity contribution is 0.0180. The van der Waals surface area contributed by atoms with E-state index in [2.05, 4.69) is 15.2 Å². The molecule has 0 aromatic heterocycles. The number of benzene rings is 2. The van der Waals surface area contributed by atoms with Crippen LogP contribution in [0, 0.1) is 5.82 Å². The van der Waals surface area contributed by atoms with Crippen LogP contribution in [0.3, 0.4) is 0 Å². The van der Waals surface area contributed by atoms with Gasteiger partial charge in [-0.05, 0) is 29.8 Å². The Labute approximate surface area is 193 Å². The third-order valence-electron chi connectivity index (χ3n) is 4.83. The summed E-state index contributed by atoms with van der Waals surface area (Å²) in [5, 5.41) is 3.08. The number of hydrogen-bond donors (Lipinski definition) is 2. The molecule has 1 atom stereocenters. The normalized spacial score (nSPS) is 15.8. The van der Waals surface area contributed by atoms with Crippen LogP contribution in [0.1, 0.15) is 11.6 Å². The minimum atomic E-state index is -0.257. The van der Waals surface area contributed by atoms with E-state index in [4.69, 9.17) is 19.9 Å². The van der Waals surface area contributed by atoms with Crippen molar-refractivity contribution in [3.63, 3.8) is 0 Å². The number of nitrogens with one attached hydrogen (secondary N) is 1. The zero-order valence-electron chi connectivity index (χ0n) is 17.1. The number of aliphatic imine (C=N–C) groups is 1. The van der Waals surface area contributed by atoms with Crippen molar-refractivity contribution in [2.45, 2.75) is 6.04 Å². The molecule has 1 saturated heterocycles. The van der Waals surface area contributed by atoms with Gasteiger partial charge in [-0.15, -0.1) is 24.0 Å². The number of halogens is 2. The second kappa shape index (κ2) is 11.9. The van der Waals surface area contributed by atoms with Gasteiger partial charge in [-0.25, -0.2) is 4.39 Å². The van der Waals surface area contributed by atoms with Crippen molar-refractivity contribution < 1.29 is 18.6 Å². The lowest BCUT2D eigenvalue weighted by Gasteiger charge is -2.34. The molecule has 3 rings (SSSR count). The van der Waals surface area contributed by atoms with Gasteiger partial charge in [-0.2, -0.15) is 0 Å². The van der Waals surface area contributed by atoms with E-state index in [9.17, 15) is 4.39 Å². The molecule has 1 aliphatic rings. The van der Waals surface area contributed by atoms with Crippen molar-refractivity contribution in [2.75, 3.05) is 52.4 Å². The number of nitrogens with two attached hydrogens (primary N) is 1. The monoisotopic (exact) mass is 530 g/mol. The summed E-state index contributed by atoms with van der Waals surface area (Å²) in [5.41, 5.74) is 7.85. The van der Waals surface area contributed by atoms with E-state index in [1.807, 2.05) is 6.07 Å². The molecule has 1 heterocycles. The number of morpholine rings is 1. The molecule has 3 N–H and O–H groups in total. The molecule has 0 bridgehead atoms. The molecule has 0 radical (unpaired) electrons. The highest BCUT2D eigenvalue weighted by Crippen LogP contribution is 2.29. The zero-order valence-corrected chi connectivity index (χ0v) is 19.5. The van der Waals surface area contributed by atoms with Crippen LogP contribution in [0.25, 0.3) is 0 Å². The fourth-order valence-electron chi connectivity index (χ4n) is 3.29. The van der Waals surface area contributed by atoms with Crippen molar-refractivity contribution in [1.29, 1.82) is 0 Å². The number of guanidine groups is 1. The summed E-state index contributed by atoms with van der Waals surface area (Å²) >= 11 is 0. The van der Waals surface area contributed by atoms with Crippen molar-refractivity contribution in [3.05, 3.63) is 53.8 Å². The quantitative estimate of drug-likeness (QED) is 0.325. The smallest absolute Gasteiger partial charge is 0.193 e. The van der Waals surface area contributed by atoms with Crippen LogP contribution >= 0.6 is 24.0 Å². The molecule has 0 aliphatic carbocycles. The summed E-state index contributed by atoms with van der Waals surface area (Å²) in [5.74, 6) is 1.27. The minimum absolute atomic E-state index is 0. The standard InChI is InChI=1S/C21H27FN4O3.HI/c1-27-19-8-7-17(13-20(19)28-2)25-21(23)24-14-18(26-9-11-29-12-10-26)15-3-5-16(22)6-4-15;/h3-8,13,18H,9-12,14H2,1-2H3,(H3,23,24,25);1H. The van der Waals surface area contributed by atoms with Gasteiger partial charge in [-0.1, -0.05) is 12.1 Å². The summed E-state index contributed by atoms with van der Waals surface area (Å²) in [4.78, 5) is 6.81. The zero-order chi connectivity index (χ0) is 20.6. The molecule has 0 spiro atoms. The predicted octanol–water partition coefficient (Wildman–Crippen LogP) is 3.26. The van der Waals surface area contributed by atoms with Crippen LogP contribution in [-0.2, 0) is 4.74 Å². The summed E-state index contributed by atoms with van der Waals surface area (Å²) in [6, 6.07) is 11.9. The molecule has 7 nitrogen and oxygen atoms in total. The maximum atomic E-state index is 13.4. The Kier molecular flexibility index (Phi) is 9.60. The van der Waals surface area contributed by atoms with Gasteiger partial charge in [0.15, 0.2) is 17.5 Å². The SMILES string of the molecule is COc1ccc(NC(N)=NCC(c2ccc(F)cc2)N2CCOCC2)cc1OC.I. The molecule has 30 heavy (non-hydrogen) atoms. The fourth-order valence-corrected chi connectivity index (χ4v) is 3.29. The van der Waals surface area contributed by atoms with E-state index >= 15 is 0 Å². The van der Waals surface area contributed by atoms with Crippen LogP contribution in [0.15, 0.2) is 47.5 Å². The van der Waals surface area contributed by atoms with Crippen molar-refractivity contribution in [1.82, 2.24) is 4.90 Å². The summed E-state index contributed by atoms with van der Waals surface area (Å²) in [6.07, 6.45) is 0. The van der Waals surface area contributed by atoms with Crippen LogP contribution in [0.4, 0.5) is 10.1 Å². The predicted molar refractivity (Wildman–Crippen MR) is 127 cm³/mol. The highest BCUT2D eigenvalue weighted by Gasteiger charge is 2.22.